The molecule has 0 aliphatic rings. The van der Waals surface area contributed by atoms with E-state index in [1.807, 2.05) is 0 Å². The van der Waals surface area contributed by atoms with Crippen molar-refractivity contribution in [3.63, 3.8) is 0 Å². The quantitative estimate of drug-likeness (QED) is 0.686. The number of fused-ring (bicyclic) bond motifs is 1. The average molecular weight is 335 g/mol. The fourth-order valence-electron chi connectivity index (χ4n) is 2.43. The molecule has 0 saturated heterocycles. The number of halogens is 3. The predicted octanol–water partition coefficient (Wildman–Crippen LogP) is 3.62. The molecule has 2 aromatic heterocycles. The van der Waals surface area contributed by atoms with Gasteiger partial charge >= 0.3 is 12.1 Å². The Hall–Kier alpha value is -2.90. The van der Waals surface area contributed by atoms with Gasteiger partial charge in [0.25, 0.3) is 0 Å². The first kappa shape index (κ1) is 16.0. The number of alkyl halides is 3. The van der Waals surface area contributed by atoms with Crippen LogP contribution in [0, 0.1) is 0 Å². The van der Waals surface area contributed by atoms with E-state index in [2.05, 4.69) is 10.1 Å². The normalized spacial score (nSPS) is 11.7. The largest absolute Gasteiger partial charge is 0.462 e. The highest BCUT2D eigenvalue weighted by atomic mass is 19.4. The van der Waals surface area contributed by atoms with Gasteiger partial charge < -0.3 is 4.74 Å². The average Bonchev–Trinajstić information content (AvgIpc) is 3.00. The number of ether oxygens (including phenoxy) is 1. The van der Waals surface area contributed by atoms with E-state index in [1.165, 1.54) is 13.1 Å². The fourth-order valence-corrected chi connectivity index (χ4v) is 2.43. The number of carbonyl (C=O) groups excluding carboxylic acids is 1. The molecular weight excluding hydrogens is 323 g/mol. The first-order chi connectivity index (χ1) is 11.4. The molecule has 0 aliphatic carbocycles. The summed E-state index contributed by atoms with van der Waals surface area (Å²) in [6.45, 7) is 1.49. The van der Waals surface area contributed by atoms with Crippen molar-refractivity contribution in [2.24, 2.45) is 0 Å². The molecule has 0 radical (unpaired) electrons. The van der Waals surface area contributed by atoms with Gasteiger partial charge in [0, 0.05) is 17.0 Å². The number of rotatable bonds is 3. The minimum atomic E-state index is -4.78. The lowest BCUT2D eigenvalue weighted by Gasteiger charge is -2.13. The van der Waals surface area contributed by atoms with Crippen LogP contribution < -0.4 is 0 Å². The van der Waals surface area contributed by atoms with Crippen molar-refractivity contribution in [2.75, 3.05) is 6.61 Å². The Kier molecular flexibility index (Phi) is 3.96. The standard InChI is InChI=1S/C16H12F3N3O2/c1-2-24-15(23)12-8-21-22(14(12)16(17,18)19)13-9-20-7-10-5-3-4-6-11(10)13/h3-9H,2H2,1H3. The molecule has 0 aliphatic heterocycles. The van der Waals surface area contributed by atoms with Crippen LogP contribution in [-0.4, -0.2) is 27.3 Å². The smallest absolute Gasteiger partial charge is 0.434 e. The molecule has 3 rings (SSSR count). The zero-order valence-corrected chi connectivity index (χ0v) is 12.5. The minimum absolute atomic E-state index is 0.0306. The topological polar surface area (TPSA) is 57.0 Å². The molecule has 3 aromatic rings. The minimum Gasteiger partial charge on any atom is -0.462 e. The van der Waals surface area contributed by atoms with Crippen molar-refractivity contribution in [1.29, 1.82) is 0 Å². The molecule has 0 unspecified atom stereocenters. The summed E-state index contributed by atoms with van der Waals surface area (Å²) in [6, 6.07) is 6.85. The van der Waals surface area contributed by atoms with Gasteiger partial charge in [0.05, 0.1) is 24.7 Å². The summed E-state index contributed by atoms with van der Waals surface area (Å²) in [4.78, 5) is 15.8. The van der Waals surface area contributed by atoms with Crippen LogP contribution in [0.25, 0.3) is 16.5 Å². The molecule has 0 saturated carbocycles. The van der Waals surface area contributed by atoms with E-state index in [-0.39, 0.29) is 12.3 Å². The molecule has 0 amide bonds. The van der Waals surface area contributed by atoms with Gasteiger partial charge in [0.2, 0.25) is 0 Å². The van der Waals surface area contributed by atoms with Gasteiger partial charge in [-0.1, -0.05) is 24.3 Å². The second-order valence-electron chi connectivity index (χ2n) is 4.92. The number of carbonyl (C=O) groups is 1. The van der Waals surface area contributed by atoms with Gasteiger partial charge in [0.15, 0.2) is 5.69 Å². The SMILES string of the molecule is CCOC(=O)c1cnn(-c2cncc3ccccc23)c1C(F)(F)F. The number of nitrogens with zero attached hydrogens (tertiary/aromatic N) is 3. The monoisotopic (exact) mass is 335 g/mol. The highest BCUT2D eigenvalue weighted by Crippen LogP contribution is 2.35. The molecule has 0 bridgehead atoms. The number of benzene rings is 1. The number of pyridine rings is 1. The van der Waals surface area contributed by atoms with Gasteiger partial charge in [-0.25, -0.2) is 9.48 Å². The van der Waals surface area contributed by atoms with Gasteiger partial charge in [-0.15, -0.1) is 0 Å². The Morgan fingerprint density at radius 3 is 2.67 bits per heavy atom. The highest BCUT2D eigenvalue weighted by Gasteiger charge is 2.41. The molecule has 24 heavy (non-hydrogen) atoms. The van der Waals surface area contributed by atoms with Crippen LogP contribution in [0.4, 0.5) is 13.2 Å². The maximum atomic E-state index is 13.5. The summed E-state index contributed by atoms with van der Waals surface area (Å²) in [7, 11) is 0. The maximum absolute atomic E-state index is 13.5. The van der Waals surface area contributed by atoms with E-state index in [0.29, 0.717) is 15.5 Å². The molecule has 0 fully saturated rings. The maximum Gasteiger partial charge on any atom is 0.434 e. The van der Waals surface area contributed by atoms with Gasteiger partial charge in [-0.3, -0.25) is 4.98 Å². The van der Waals surface area contributed by atoms with E-state index < -0.39 is 23.4 Å². The molecule has 0 atom stereocenters. The van der Waals surface area contributed by atoms with Crippen LogP contribution in [-0.2, 0) is 10.9 Å². The number of hydrogen-bond donors (Lipinski definition) is 0. The summed E-state index contributed by atoms with van der Waals surface area (Å²) in [6.07, 6.45) is -1.10. The third-order valence-electron chi connectivity index (χ3n) is 3.41. The molecule has 8 heteroatoms. The highest BCUT2D eigenvalue weighted by molar-refractivity contribution is 5.92. The third-order valence-corrected chi connectivity index (χ3v) is 3.41. The van der Waals surface area contributed by atoms with E-state index in [9.17, 15) is 18.0 Å². The molecular formula is C16H12F3N3O2. The summed E-state index contributed by atoms with van der Waals surface area (Å²) >= 11 is 0. The molecule has 1 aromatic carbocycles. The first-order valence-corrected chi connectivity index (χ1v) is 7.09. The van der Waals surface area contributed by atoms with Crippen molar-refractivity contribution in [2.45, 2.75) is 13.1 Å². The predicted molar refractivity (Wildman–Crippen MR) is 79.8 cm³/mol. The van der Waals surface area contributed by atoms with Gasteiger partial charge in [-0.2, -0.15) is 18.3 Å². The second kappa shape index (κ2) is 5.95. The summed E-state index contributed by atoms with van der Waals surface area (Å²) in [5.41, 5.74) is -1.67. The van der Waals surface area contributed by atoms with Crippen LogP contribution in [0.15, 0.2) is 42.9 Å². The molecule has 124 valence electrons. The Morgan fingerprint density at radius 1 is 1.21 bits per heavy atom. The van der Waals surface area contributed by atoms with Crippen molar-refractivity contribution in [3.8, 4) is 5.69 Å². The summed E-state index contributed by atoms with van der Waals surface area (Å²) < 4.78 is 46.0. The second-order valence-corrected chi connectivity index (χ2v) is 4.92. The lowest BCUT2D eigenvalue weighted by atomic mass is 10.1. The van der Waals surface area contributed by atoms with Crippen molar-refractivity contribution < 1.29 is 22.7 Å². The lowest BCUT2D eigenvalue weighted by Crippen LogP contribution is -2.18. The van der Waals surface area contributed by atoms with Gasteiger partial charge in [-0.05, 0) is 6.92 Å². The van der Waals surface area contributed by atoms with Crippen molar-refractivity contribution in [3.05, 3.63) is 54.1 Å². The van der Waals surface area contributed by atoms with E-state index in [4.69, 9.17) is 4.74 Å². The zero-order valence-electron chi connectivity index (χ0n) is 12.5. The van der Waals surface area contributed by atoms with Crippen LogP contribution in [0.5, 0.6) is 0 Å². The van der Waals surface area contributed by atoms with Crippen LogP contribution in [0.3, 0.4) is 0 Å². The fraction of sp³-hybridized carbons (Fsp3) is 0.188. The van der Waals surface area contributed by atoms with Crippen LogP contribution >= 0.6 is 0 Å². The van der Waals surface area contributed by atoms with E-state index in [1.54, 1.807) is 30.5 Å². The first-order valence-electron chi connectivity index (χ1n) is 7.09. The number of hydrogen-bond acceptors (Lipinski definition) is 4. The van der Waals surface area contributed by atoms with E-state index >= 15 is 0 Å². The Balaban J connectivity index is 2.26. The van der Waals surface area contributed by atoms with Crippen molar-refractivity contribution in [1.82, 2.24) is 14.8 Å². The Morgan fingerprint density at radius 2 is 1.96 bits per heavy atom. The van der Waals surface area contributed by atoms with Crippen LogP contribution in [0.1, 0.15) is 23.0 Å². The van der Waals surface area contributed by atoms with Gasteiger partial charge in [0.1, 0.15) is 5.56 Å². The Bertz CT molecular complexity index is 898. The Labute approximate surface area is 134 Å². The van der Waals surface area contributed by atoms with E-state index in [0.717, 1.165) is 6.20 Å². The van der Waals surface area contributed by atoms with Crippen molar-refractivity contribution >= 4 is 16.7 Å². The van der Waals surface area contributed by atoms with Crippen LogP contribution in [0.2, 0.25) is 0 Å². The zero-order chi connectivity index (χ0) is 17.3. The number of aromatic nitrogens is 3. The lowest BCUT2D eigenvalue weighted by molar-refractivity contribution is -0.143. The molecule has 0 spiro atoms. The number of esters is 1. The molecule has 2 heterocycles. The summed E-state index contributed by atoms with van der Waals surface area (Å²) in [5, 5.41) is 4.96. The molecule has 0 N–H and O–H groups in total. The summed E-state index contributed by atoms with van der Waals surface area (Å²) in [5.74, 6) is -1.07. The molecule has 5 nitrogen and oxygen atoms in total. The third kappa shape index (κ3) is 2.70.